The van der Waals surface area contributed by atoms with Crippen LogP contribution in [0.3, 0.4) is 0 Å². The molecule has 2 aromatic rings. The van der Waals surface area contributed by atoms with Crippen LogP contribution in [0.1, 0.15) is 11.3 Å². The number of nitrogens with zero attached hydrogens (tertiary/aromatic N) is 3. The van der Waals surface area contributed by atoms with Crippen LogP contribution in [0.5, 0.6) is 0 Å². The highest BCUT2D eigenvalue weighted by molar-refractivity contribution is 5.75. The summed E-state index contributed by atoms with van der Waals surface area (Å²) in [6.07, 6.45) is 1.72. The Balaban J connectivity index is 1.81. The van der Waals surface area contributed by atoms with Crippen LogP contribution in [-0.2, 0) is 24.4 Å². The Morgan fingerprint density at radius 2 is 2.05 bits per heavy atom. The van der Waals surface area contributed by atoms with E-state index in [2.05, 4.69) is 20.9 Å². The minimum atomic E-state index is -0.292. The maximum Gasteiger partial charge on any atom is 0.242 e. The molecule has 0 bridgehead atoms. The lowest BCUT2D eigenvalue weighted by Gasteiger charge is -2.05. The molecule has 0 atom stereocenters. The fourth-order valence-electron chi connectivity index (χ4n) is 1.68. The molecule has 0 fully saturated rings. The standard InChI is InChI=1S/C13H16FN5O/c1-15-7-12-8-19(18-17-12)9-13(20)16-6-10-2-4-11(14)5-3-10/h2-5,8,15H,6-7,9H2,1H3,(H,16,20). The monoisotopic (exact) mass is 277 g/mol. The molecule has 7 heteroatoms. The lowest BCUT2D eigenvalue weighted by Crippen LogP contribution is -2.27. The quantitative estimate of drug-likeness (QED) is 0.804. The van der Waals surface area contributed by atoms with Gasteiger partial charge in [0.15, 0.2) is 0 Å². The Kier molecular flexibility index (Phi) is 4.78. The van der Waals surface area contributed by atoms with Gasteiger partial charge in [-0.2, -0.15) is 0 Å². The molecule has 0 aliphatic carbocycles. The van der Waals surface area contributed by atoms with Gasteiger partial charge in [0.1, 0.15) is 12.4 Å². The highest BCUT2D eigenvalue weighted by atomic mass is 19.1. The number of carbonyl (C=O) groups is 1. The van der Waals surface area contributed by atoms with Crippen molar-refractivity contribution in [1.29, 1.82) is 0 Å². The second kappa shape index (κ2) is 6.76. The summed E-state index contributed by atoms with van der Waals surface area (Å²) in [7, 11) is 1.81. The Morgan fingerprint density at radius 1 is 1.30 bits per heavy atom. The van der Waals surface area contributed by atoms with Crippen molar-refractivity contribution in [1.82, 2.24) is 25.6 Å². The summed E-state index contributed by atoms with van der Waals surface area (Å²) in [5, 5.41) is 13.5. The fraction of sp³-hybridized carbons (Fsp3) is 0.308. The predicted octanol–water partition coefficient (Wildman–Crippen LogP) is 0.453. The summed E-state index contributed by atoms with van der Waals surface area (Å²) in [4.78, 5) is 11.7. The number of halogens is 1. The SMILES string of the molecule is CNCc1cn(CC(=O)NCc2ccc(F)cc2)nn1. The normalized spacial score (nSPS) is 10.5. The molecule has 0 aliphatic rings. The smallest absolute Gasteiger partial charge is 0.242 e. The zero-order valence-electron chi connectivity index (χ0n) is 11.1. The van der Waals surface area contributed by atoms with Gasteiger partial charge in [0.2, 0.25) is 5.91 Å². The Morgan fingerprint density at radius 3 is 2.75 bits per heavy atom. The summed E-state index contributed by atoms with van der Waals surface area (Å²) in [5.41, 5.74) is 1.62. The zero-order chi connectivity index (χ0) is 14.4. The number of rotatable bonds is 6. The van der Waals surface area contributed by atoms with Crippen LogP contribution in [0.25, 0.3) is 0 Å². The molecule has 106 valence electrons. The van der Waals surface area contributed by atoms with Crippen LogP contribution < -0.4 is 10.6 Å². The van der Waals surface area contributed by atoms with Gasteiger partial charge in [0.05, 0.1) is 11.9 Å². The molecule has 0 aliphatic heterocycles. The van der Waals surface area contributed by atoms with E-state index in [1.165, 1.54) is 16.8 Å². The molecular weight excluding hydrogens is 261 g/mol. The fourth-order valence-corrected chi connectivity index (χ4v) is 1.68. The highest BCUT2D eigenvalue weighted by Crippen LogP contribution is 2.02. The lowest BCUT2D eigenvalue weighted by molar-refractivity contribution is -0.122. The third-order valence-corrected chi connectivity index (χ3v) is 2.65. The largest absolute Gasteiger partial charge is 0.350 e. The highest BCUT2D eigenvalue weighted by Gasteiger charge is 2.05. The number of aromatic nitrogens is 3. The average molecular weight is 277 g/mol. The van der Waals surface area contributed by atoms with Crippen LogP contribution in [0.15, 0.2) is 30.5 Å². The first-order chi connectivity index (χ1) is 9.67. The molecule has 2 N–H and O–H groups in total. The van der Waals surface area contributed by atoms with Crippen molar-refractivity contribution in [2.24, 2.45) is 0 Å². The maximum atomic E-state index is 12.7. The van der Waals surface area contributed by atoms with E-state index in [-0.39, 0.29) is 18.3 Å². The summed E-state index contributed by atoms with van der Waals surface area (Å²) < 4.78 is 14.2. The molecule has 20 heavy (non-hydrogen) atoms. The third-order valence-electron chi connectivity index (χ3n) is 2.65. The second-order valence-electron chi connectivity index (χ2n) is 4.34. The molecule has 1 aromatic heterocycles. The molecule has 0 spiro atoms. The van der Waals surface area contributed by atoms with E-state index < -0.39 is 0 Å². The lowest BCUT2D eigenvalue weighted by atomic mass is 10.2. The first kappa shape index (κ1) is 14.1. The van der Waals surface area contributed by atoms with Crippen molar-refractivity contribution < 1.29 is 9.18 Å². The minimum Gasteiger partial charge on any atom is -0.350 e. The summed E-state index contributed by atoms with van der Waals surface area (Å²) in [5.74, 6) is -0.463. The van der Waals surface area contributed by atoms with Gasteiger partial charge in [-0.05, 0) is 24.7 Å². The van der Waals surface area contributed by atoms with Crippen molar-refractivity contribution >= 4 is 5.91 Å². The van der Waals surface area contributed by atoms with E-state index in [1.807, 2.05) is 7.05 Å². The van der Waals surface area contributed by atoms with Gasteiger partial charge in [-0.1, -0.05) is 17.3 Å². The third kappa shape index (κ3) is 4.13. The number of benzene rings is 1. The maximum absolute atomic E-state index is 12.7. The van der Waals surface area contributed by atoms with Gasteiger partial charge in [-0.3, -0.25) is 4.79 Å². The molecule has 1 amide bonds. The van der Waals surface area contributed by atoms with Crippen LogP contribution in [0.4, 0.5) is 4.39 Å². The van der Waals surface area contributed by atoms with Gasteiger partial charge < -0.3 is 10.6 Å². The van der Waals surface area contributed by atoms with Crippen LogP contribution in [0.2, 0.25) is 0 Å². The van der Waals surface area contributed by atoms with E-state index in [0.29, 0.717) is 13.1 Å². The molecule has 0 radical (unpaired) electrons. The van der Waals surface area contributed by atoms with Crippen molar-refractivity contribution in [3.63, 3.8) is 0 Å². The average Bonchev–Trinajstić information content (AvgIpc) is 2.86. The molecule has 1 heterocycles. The summed E-state index contributed by atoms with van der Waals surface area (Å²) >= 11 is 0. The van der Waals surface area contributed by atoms with E-state index in [0.717, 1.165) is 11.3 Å². The van der Waals surface area contributed by atoms with E-state index >= 15 is 0 Å². The summed E-state index contributed by atoms with van der Waals surface area (Å²) in [6.45, 7) is 1.08. The van der Waals surface area contributed by atoms with E-state index in [9.17, 15) is 9.18 Å². The number of hydrogen-bond acceptors (Lipinski definition) is 4. The van der Waals surface area contributed by atoms with Gasteiger partial charge in [0, 0.05) is 13.1 Å². The number of nitrogens with one attached hydrogen (secondary N) is 2. The second-order valence-corrected chi connectivity index (χ2v) is 4.34. The van der Waals surface area contributed by atoms with Crippen LogP contribution >= 0.6 is 0 Å². The number of carbonyl (C=O) groups excluding carboxylic acids is 1. The minimum absolute atomic E-state index is 0.109. The van der Waals surface area contributed by atoms with Crippen molar-refractivity contribution in [2.75, 3.05) is 7.05 Å². The van der Waals surface area contributed by atoms with Crippen molar-refractivity contribution in [3.05, 3.63) is 47.5 Å². The van der Waals surface area contributed by atoms with Crippen molar-refractivity contribution in [3.8, 4) is 0 Å². The Hall–Kier alpha value is -2.28. The number of amides is 1. The zero-order valence-corrected chi connectivity index (χ0v) is 11.1. The molecule has 0 unspecified atom stereocenters. The molecule has 0 saturated heterocycles. The molecule has 2 rings (SSSR count). The first-order valence-electron chi connectivity index (χ1n) is 6.22. The van der Waals surface area contributed by atoms with Gasteiger partial charge in [-0.15, -0.1) is 5.10 Å². The van der Waals surface area contributed by atoms with Gasteiger partial charge in [-0.25, -0.2) is 9.07 Å². The Bertz CT molecular complexity index is 566. The molecule has 0 saturated carbocycles. The summed E-state index contributed by atoms with van der Waals surface area (Å²) in [6, 6.07) is 6.00. The van der Waals surface area contributed by atoms with E-state index in [1.54, 1.807) is 18.3 Å². The predicted molar refractivity (Wildman–Crippen MR) is 71.0 cm³/mol. The van der Waals surface area contributed by atoms with Gasteiger partial charge >= 0.3 is 0 Å². The molecule has 1 aromatic carbocycles. The van der Waals surface area contributed by atoms with Crippen molar-refractivity contribution in [2.45, 2.75) is 19.6 Å². The van der Waals surface area contributed by atoms with Crippen LogP contribution in [-0.4, -0.2) is 27.9 Å². The first-order valence-corrected chi connectivity index (χ1v) is 6.22. The number of hydrogen-bond donors (Lipinski definition) is 2. The van der Waals surface area contributed by atoms with E-state index in [4.69, 9.17) is 0 Å². The van der Waals surface area contributed by atoms with Gasteiger partial charge in [0.25, 0.3) is 0 Å². The molecular formula is C13H16FN5O. The van der Waals surface area contributed by atoms with Crippen LogP contribution in [0, 0.1) is 5.82 Å². The Labute approximate surface area is 116 Å². The molecule has 6 nitrogen and oxygen atoms in total. The topological polar surface area (TPSA) is 71.8 Å².